The maximum Gasteiger partial charge on any atom is 0.125 e. The number of benzene rings is 1. The van der Waals surface area contributed by atoms with Crippen molar-refractivity contribution in [2.45, 2.75) is 12.8 Å². The summed E-state index contributed by atoms with van der Waals surface area (Å²) >= 11 is 0. The minimum absolute atomic E-state index is 0.158. The van der Waals surface area contributed by atoms with Crippen molar-refractivity contribution < 1.29 is 4.39 Å². The predicted octanol–water partition coefficient (Wildman–Crippen LogP) is 2.47. The number of hydrogen-bond donors (Lipinski definition) is 1. The quantitative estimate of drug-likeness (QED) is 0.799. The van der Waals surface area contributed by atoms with Crippen molar-refractivity contribution in [2.75, 3.05) is 29.9 Å². The number of fused-ring (bicyclic) bond motifs is 1. The highest BCUT2D eigenvalue weighted by Crippen LogP contribution is 2.35. The summed E-state index contributed by atoms with van der Waals surface area (Å²) in [6.07, 6.45) is 2.72. The van der Waals surface area contributed by atoms with Gasteiger partial charge in [0.25, 0.3) is 0 Å². The summed E-state index contributed by atoms with van der Waals surface area (Å²) in [5.74, 6) is 0.718. The Bertz CT molecular complexity index is 374. The summed E-state index contributed by atoms with van der Waals surface area (Å²) in [6, 6.07) is 5.03. The van der Waals surface area contributed by atoms with E-state index in [0.717, 1.165) is 36.9 Å². The zero-order valence-electron chi connectivity index (χ0n) is 8.67. The lowest BCUT2D eigenvalue weighted by atomic mass is 10.2. The Morgan fingerprint density at radius 1 is 1.40 bits per heavy atom. The largest absolute Gasteiger partial charge is 0.382 e. The topological polar surface area (TPSA) is 15.3 Å². The van der Waals surface area contributed by atoms with Gasteiger partial charge in [0.15, 0.2) is 0 Å². The molecule has 0 radical (unpaired) electrons. The number of rotatable bonds is 2. The van der Waals surface area contributed by atoms with E-state index in [9.17, 15) is 4.39 Å². The summed E-state index contributed by atoms with van der Waals surface area (Å²) in [7, 11) is 0. The van der Waals surface area contributed by atoms with Crippen molar-refractivity contribution >= 4 is 11.4 Å². The third-order valence-electron chi connectivity index (χ3n) is 3.17. The lowest BCUT2D eigenvalue weighted by Crippen LogP contribution is -2.35. The van der Waals surface area contributed by atoms with Crippen molar-refractivity contribution in [3.63, 3.8) is 0 Å². The molecule has 1 saturated carbocycles. The van der Waals surface area contributed by atoms with Crippen molar-refractivity contribution in [3.05, 3.63) is 24.0 Å². The fourth-order valence-electron chi connectivity index (χ4n) is 2.17. The predicted molar refractivity (Wildman–Crippen MR) is 59.8 cm³/mol. The average Bonchev–Trinajstić information content (AvgIpc) is 3.01. The zero-order chi connectivity index (χ0) is 10.3. The fraction of sp³-hybridized carbons (Fsp3) is 0.500. The number of nitrogens with zero attached hydrogens (tertiary/aromatic N) is 1. The molecule has 0 bridgehead atoms. The highest BCUT2D eigenvalue weighted by Gasteiger charge is 2.26. The molecule has 1 aromatic carbocycles. The average molecular weight is 206 g/mol. The minimum Gasteiger partial charge on any atom is -0.382 e. The van der Waals surface area contributed by atoms with E-state index in [2.05, 4.69) is 10.2 Å². The van der Waals surface area contributed by atoms with Crippen LogP contribution in [0.2, 0.25) is 0 Å². The van der Waals surface area contributed by atoms with E-state index in [1.54, 1.807) is 12.1 Å². The second kappa shape index (κ2) is 3.40. The Morgan fingerprint density at radius 3 is 3.07 bits per heavy atom. The number of anilines is 2. The molecule has 0 aromatic heterocycles. The van der Waals surface area contributed by atoms with Gasteiger partial charge in [-0.25, -0.2) is 4.39 Å². The van der Waals surface area contributed by atoms with E-state index in [4.69, 9.17) is 0 Å². The third-order valence-corrected chi connectivity index (χ3v) is 3.17. The molecule has 1 fully saturated rings. The molecule has 1 aliphatic heterocycles. The normalized spacial score (nSPS) is 19.7. The Labute approximate surface area is 89.1 Å². The van der Waals surface area contributed by atoms with Gasteiger partial charge in [0.2, 0.25) is 0 Å². The molecule has 2 nitrogen and oxygen atoms in total. The molecule has 0 amide bonds. The van der Waals surface area contributed by atoms with Gasteiger partial charge in [-0.3, -0.25) is 0 Å². The highest BCUT2D eigenvalue weighted by atomic mass is 19.1. The van der Waals surface area contributed by atoms with Crippen LogP contribution in [0.15, 0.2) is 18.2 Å². The van der Waals surface area contributed by atoms with Gasteiger partial charge >= 0.3 is 0 Å². The zero-order valence-corrected chi connectivity index (χ0v) is 8.67. The van der Waals surface area contributed by atoms with E-state index >= 15 is 0 Å². The van der Waals surface area contributed by atoms with Crippen LogP contribution < -0.4 is 10.2 Å². The SMILES string of the molecule is Fc1ccc2c(c1)NCCN2CC1CC1. The third kappa shape index (κ3) is 1.78. The number of nitrogens with one attached hydrogen (secondary N) is 1. The summed E-state index contributed by atoms with van der Waals surface area (Å²) in [6.45, 7) is 3.10. The first-order chi connectivity index (χ1) is 7.33. The Morgan fingerprint density at radius 2 is 2.27 bits per heavy atom. The molecule has 15 heavy (non-hydrogen) atoms. The van der Waals surface area contributed by atoms with Gasteiger partial charge in [0.05, 0.1) is 11.4 Å². The van der Waals surface area contributed by atoms with Gasteiger partial charge in [-0.1, -0.05) is 0 Å². The van der Waals surface area contributed by atoms with Gasteiger partial charge in [-0.2, -0.15) is 0 Å². The number of halogens is 1. The van der Waals surface area contributed by atoms with Crippen molar-refractivity contribution in [1.82, 2.24) is 0 Å². The molecular weight excluding hydrogens is 191 g/mol. The smallest absolute Gasteiger partial charge is 0.125 e. The van der Waals surface area contributed by atoms with Crippen LogP contribution >= 0.6 is 0 Å². The molecule has 0 saturated heterocycles. The molecule has 0 atom stereocenters. The molecule has 0 spiro atoms. The van der Waals surface area contributed by atoms with Gasteiger partial charge in [-0.15, -0.1) is 0 Å². The van der Waals surface area contributed by atoms with E-state index < -0.39 is 0 Å². The summed E-state index contributed by atoms with van der Waals surface area (Å²) in [5, 5.41) is 3.25. The van der Waals surface area contributed by atoms with Crippen LogP contribution in [-0.2, 0) is 0 Å². The summed E-state index contributed by atoms with van der Waals surface area (Å²) in [4.78, 5) is 2.38. The first-order valence-electron chi connectivity index (χ1n) is 5.61. The first-order valence-corrected chi connectivity index (χ1v) is 5.61. The molecule has 3 rings (SSSR count). The maximum absolute atomic E-state index is 13.0. The van der Waals surface area contributed by atoms with Crippen LogP contribution in [0.5, 0.6) is 0 Å². The molecule has 2 aliphatic rings. The second-order valence-electron chi connectivity index (χ2n) is 4.48. The lowest BCUT2D eigenvalue weighted by molar-refractivity contribution is 0.626. The molecule has 80 valence electrons. The van der Waals surface area contributed by atoms with Crippen LogP contribution in [0.4, 0.5) is 15.8 Å². The highest BCUT2D eigenvalue weighted by molar-refractivity contribution is 5.72. The second-order valence-corrected chi connectivity index (χ2v) is 4.48. The maximum atomic E-state index is 13.0. The van der Waals surface area contributed by atoms with E-state index in [-0.39, 0.29) is 5.82 Å². The molecule has 0 unspecified atom stereocenters. The van der Waals surface area contributed by atoms with Gasteiger partial charge < -0.3 is 10.2 Å². The molecule has 1 aromatic rings. The molecule has 1 N–H and O–H groups in total. The fourth-order valence-corrected chi connectivity index (χ4v) is 2.17. The van der Waals surface area contributed by atoms with Crippen LogP contribution in [0.1, 0.15) is 12.8 Å². The molecule has 3 heteroatoms. The molecule has 1 heterocycles. The Balaban J connectivity index is 1.87. The summed E-state index contributed by atoms with van der Waals surface area (Å²) < 4.78 is 13.0. The number of hydrogen-bond acceptors (Lipinski definition) is 2. The van der Waals surface area contributed by atoms with Crippen LogP contribution in [0.3, 0.4) is 0 Å². The van der Waals surface area contributed by atoms with Crippen molar-refractivity contribution in [1.29, 1.82) is 0 Å². The van der Waals surface area contributed by atoms with E-state index in [1.807, 2.05) is 6.07 Å². The monoisotopic (exact) mass is 206 g/mol. The minimum atomic E-state index is -0.158. The van der Waals surface area contributed by atoms with Crippen molar-refractivity contribution in [2.24, 2.45) is 5.92 Å². The van der Waals surface area contributed by atoms with Gasteiger partial charge in [0.1, 0.15) is 5.82 Å². The van der Waals surface area contributed by atoms with Crippen LogP contribution in [0.25, 0.3) is 0 Å². The van der Waals surface area contributed by atoms with Crippen molar-refractivity contribution in [3.8, 4) is 0 Å². The van der Waals surface area contributed by atoms with E-state index in [1.165, 1.54) is 12.8 Å². The Kier molecular flexibility index (Phi) is 2.04. The summed E-state index contributed by atoms with van der Waals surface area (Å²) in [5.41, 5.74) is 2.11. The van der Waals surface area contributed by atoms with Crippen LogP contribution in [0, 0.1) is 11.7 Å². The van der Waals surface area contributed by atoms with Crippen LogP contribution in [-0.4, -0.2) is 19.6 Å². The Hall–Kier alpha value is -1.25. The lowest BCUT2D eigenvalue weighted by Gasteiger charge is -2.32. The molecular formula is C12H15FN2. The first kappa shape index (κ1) is 9.01. The van der Waals surface area contributed by atoms with Gasteiger partial charge in [-0.05, 0) is 37.0 Å². The molecule has 1 aliphatic carbocycles. The van der Waals surface area contributed by atoms with E-state index in [0.29, 0.717) is 0 Å². The standard InChI is InChI=1S/C12H15FN2/c13-10-3-4-12-11(7-10)14-5-6-15(12)8-9-1-2-9/h3-4,7,9,14H,1-2,5-6,8H2. The van der Waals surface area contributed by atoms with Gasteiger partial charge in [0, 0.05) is 19.6 Å².